The Bertz CT molecular complexity index is 147. The van der Waals surface area contributed by atoms with Gasteiger partial charge in [-0.1, -0.05) is 0 Å². The van der Waals surface area contributed by atoms with Gasteiger partial charge in [0.25, 0.3) is 0 Å². The van der Waals surface area contributed by atoms with E-state index in [1.807, 2.05) is 19.9 Å². The third-order valence-electron chi connectivity index (χ3n) is 1.10. The summed E-state index contributed by atoms with van der Waals surface area (Å²) in [6, 6.07) is 0. The van der Waals surface area contributed by atoms with Crippen LogP contribution in [0.2, 0.25) is 19.6 Å². The van der Waals surface area contributed by atoms with E-state index in [0.717, 1.165) is 5.76 Å². The van der Waals surface area contributed by atoms with E-state index < -0.39 is 8.32 Å². The Morgan fingerprint density at radius 1 is 1.45 bits per heavy atom. The topological polar surface area (TPSA) is 9.23 Å². The van der Waals surface area contributed by atoms with Crippen LogP contribution in [0.15, 0.2) is 11.8 Å². The highest BCUT2D eigenvalue weighted by atomic mass is 35.5. The molecule has 3 heteroatoms. The molecule has 0 aliphatic rings. The first-order chi connectivity index (χ1) is 4.87. The number of rotatable bonds is 3. The maximum absolute atomic E-state index is 5.88. The van der Waals surface area contributed by atoms with Crippen molar-refractivity contribution in [1.29, 1.82) is 0 Å². The summed E-state index contributed by atoms with van der Waals surface area (Å²) in [5.41, 5.74) is 0. The predicted molar refractivity (Wildman–Crippen MR) is 53.5 cm³/mol. The van der Waals surface area contributed by atoms with Gasteiger partial charge in [0, 0.05) is 0 Å². The Morgan fingerprint density at radius 2 is 1.91 bits per heavy atom. The lowest BCUT2D eigenvalue weighted by molar-refractivity contribution is 0.406. The van der Waals surface area contributed by atoms with Crippen molar-refractivity contribution in [3.05, 3.63) is 11.8 Å². The van der Waals surface area contributed by atoms with E-state index in [4.69, 9.17) is 16.0 Å². The summed E-state index contributed by atoms with van der Waals surface area (Å²) in [5.74, 6) is 0.908. The van der Waals surface area contributed by atoms with E-state index in [1.54, 1.807) is 0 Å². The van der Waals surface area contributed by atoms with Gasteiger partial charge in [-0.05, 0) is 39.6 Å². The highest BCUT2D eigenvalue weighted by Crippen LogP contribution is 2.16. The Morgan fingerprint density at radius 3 is 2.00 bits per heavy atom. The summed E-state index contributed by atoms with van der Waals surface area (Å²) < 4.78 is 5.72. The molecule has 0 radical (unpaired) electrons. The molecule has 0 aromatic carbocycles. The van der Waals surface area contributed by atoms with E-state index in [2.05, 4.69) is 19.6 Å². The molecule has 0 aromatic rings. The molecule has 0 rings (SSSR count). The fourth-order valence-electron chi connectivity index (χ4n) is 0.723. The van der Waals surface area contributed by atoms with E-state index >= 15 is 0 Å². The highest BCUT2D eigenvalue weighted by molar-refractivity contribution is 6.70. The molecule has 0 bridgehead atoms. The first-order valence-corrected chi connectivity index (χ1v) is 7.70. The molecule has 0 N–H and O–H groups in total. The monoisotopic (exact) mass is 192 g/mol. The molecule has 0 saturated carbocycles. The van der Waals surface area contributed by atoms with Gasteiger partial charge in [0.15, 0.2) is 0 Å². The summed E-state index contributed by atoms with van der Waals surface area (Å²) in [6.07, 6.45) is 1.94. The van der Waals surface area contributed by atoms with Crippen LogP contribution in [-0.2, 0) is 4.43 Å². The lowest BCUT2D eigenvalue weighted by Gasteiger charge is -2.22. The molecule has 0 spiro atoms. The van der Waals surface area contributed by atoms with Crippen LogP contribution in [0.1, 0.15) is 13.8 Å². The van der Waals surface area contributed by atoms with Gasteiger partial charge in [-0.2, -0.15) is 0 Å². The molecule has 0 fully saturated rings. The lowest BCUT2D eigenvalue weighted by atomic mass is 10.4. The van der Waals surface area contributed by atoms with E-state index in [1.165, 1.54) is 0 Å². The van der Waals surface area contributed by atoms with E-state index in [-0.39, 0.29) is 5.38 Å². The Balaban J connectivity index is 4.12. The highest BCUT2D eigenvalue weighted by Gasteiger charge is 2.19. The van der Waals surface area contributed by atoms with Crippen molar-refractivity contribution in [2.75, 3.05) is 0 Å². The molecule has 0 amide bonds. The van der Waals surface area contributed by atoms with Crippen molar-refractivity contribution in [1.82, 2.24) is 0 Å². The molecule has 1 atom stereocenters. The number of allylic oxidation sites excluding steroid dienone is 2. The minimum Gasteiger partial charge on any atom is -0.546 e. The molecule has 11 heavy (non-hydrogen) atoms. The second-order valence-corrected chi connectivity index (χ2v) is 8.61. The van der Waals surface area contributed by atoms with Gasteiger partial charge in [0.05, 0.1) is 11.1 Å². The molecule has 1 nitrogen and oxygen atoms in total. The average Bonchev–Trinajstić information content (AvgIpc) is 1.80. The minimum atomic E-state index is -1.46. The van der Waals surface area contributed by atoms with Crippen molar-refractivity contribution in [3.63, 3.8) is 0 Å². The van der Waals surface area contributed by atoms with Crippen molar-refractivity contribution >= 4 is 19.9 Å². The third-order valence-corrected chi connectivity index (χ3v) is 2.16. The van der Waals surface area contributed by atoms with Gasteiger partial charge in [-0.15, -0.1) is 11.6 Å². The summed E-state index contributed by atoms with van der Waals surface area (Å²) >= 11 is 5.88. The SMILES string of the molecule is C/C=C(/O[Si](C)(C)C)C(C)Cl. The van der Waals surface area contributed by atoms with Crippen LogP contribution < -0.4 is 0 Å². The van der Waals surface area contributed by atoms with Gasteiger partial charge >= 0.3 is 0 Å². The summed E-state index contributed by atoms with van der Waals surface area (Å²) in [6.45, 7) is 10.3. The molecular formula is C8H17ClOSi. The van der Waals surface area contributed by atoms with Crippen LogP contribution in [0.5, 0.6) is 0 Å². The first-order valence-electron chi connectivity index (χ1n) is 3.86. The zero-order valence-electron chi connectivity index (χ0n) is 7.94. The van der Waals surface area contributed by atoms with Gasteiger partial charge in [0.1, 0.15) is 0 Å². The Labute approximate surface area is 75.5 Å². The zero-order chi connectivity index (χ0) is 9.07. The summed E-state index contributed by atoms with van der Waals surface area (Å²) in [4.78, 5) is 0. The molecule has 66 valence electrons. The van der Waals surface area contributed by atoms with Crippen LogP contribution in [-0.4, -0.2) is 13.7 Å². The van der Waals surface area contributed by atoms with Crippen LogP contribution in [0.25, 0.3) is 0 Å². The van der Waals surface area contributed by atoms with Crippen molar-refractivity contribution in [3.8, 4) is 0 Å². The number of hydrogen-bond donors (Lipinski definition) is 0. The van der Waals surface area contributed by atoms with Crippen molar-refractivity contribution in [2.45, 2.75) is 38.9 Å². The van der Waals surface area contributed by atoms with Crippen molar-refractivity contribution in [2.24, 2.45) is 0 Å². The normalized spacial score (nSPS) is 16.4. The molecule has 0 aliphatic carbocycles. The van der Waals surface area contributed by atoms with Crippen LogP contribution in [0, 0.1) is 0 Å². The predicted octanol–water partition coefficient (Wildman–Crippen LogP) is 3.37. The van der Waals surface area contributed by atoms with Crippen LogP contribution in [0.4, 0.5) is 0 Å². The molecule has 0 aliphatic heterocycles. The van der Waals surface area contributed by atoms with Gasteiger partial charge in [0.2, 0.25) is 8.32 Å². The standard InChI is InChI=1S/C8H17ClOSi/c1-6-8(7(2)9)10-11(3,4)5/h6-7H,1-5H3/b8-6+. The first kappa shape index (κ1) is 11.0. The Kier molecular flexibility index (Phi) is 4.19. The Hall–Kier alpha value is 0.0469. The largest absolute Gasteiger partial charge is 0.546 e. The molecule has 0 aromatic heterocycles. The number of alkyl halides is 1. The lowest BCUT2D eigenvalue weighted by Crippen LogP contribution is -2.26. The fourth-order valence-corrected chi connectivity index (χ4v) is 1.97. The third kappa shape index (κ3) is 5.33. The minimum absolute atomic E-state index is 0.00766. The fraction of sp³-hybridized carbons (Fsp3) is 0.750. The van der Waals surface area contributed by atoms with Crippen molar-refractivity contribution < 1.29 is 4.43 Å². The number of halogens is 1. The smallest absolute Gasteiger partial charge is 0.241 e. The van der Waals surface area contributed by atoms with E-state index in [9.17, 15) is 0 Å². The van der Waals surface area contributed by atoms with Crippen LogP contribution >= 0.6 is 11.6 Å². The maximum atomic E-state index is 5.88. The summed E-state index contributed by atoms with van der Waals surface area (Å²) in [5, 5.41) is -0.00766. The van der Waals surface area contributed by atoms with Crippen LogP contribution in [0.3, 0.4) is 0 Å². The molecular weight excluding hydrogens is 176 g/mol. The van der Waals surface area contributed by atoms with Gasteiger partial charge < -0.3 is 4.43 Å². The molecule has 1 unspecified atom stereocenters. The zero-order valence-corrected chi connectivity index (χ0v) is 9.70. The second kappa shape index (κ2) is 4.17. The summed E-state index contributed by atoms with van der Waals surface area (Å²) in [7, 11) is -1.46. The molecule has 0 saturated heterocycles. The molecule has 0 heterocycles. The van der Waals surface area contributed by atoms with Gasteiger partial charge in [-0.3, -0.25) is 0 Å². The maximum Gasteiger partial charge on any atom is 0.241 e. The van der Waals surface area contributed by atoms with Gasteiger partial charge in [-0.25, -0.2) is 0 Å². The average molecular weight is 193 g/mol. The quantitative estimate of drug-likeness (QED) is 0.379. The number of hydrogen-bond acceptors (Lipinski definition) is 1. The second-order valence-electron chi connectivity index (χ2n) is 3.52. The van der Waals surface area contributed by atoms with E-state index in [0.29, 0.717) is 0 Å².